The molecule has 0 aliphatic carbocycles. The van der Waals surface area contributed by atoms with Crippen molar-refractivity contribution in [3.05, 3.63) is 35.4 Å². The number of likely N-dealkylation sites (N-methyl/N-ethyl adjacent to an activating group) is 1. The van der Waals surface area contributed by atoms with E-state index in [-0.39, 0.29) is 4.65 Å². The minimum absolute atomic E-state index is 0.188. The Labute approximate surface area is 97.5 Å². The minimum atomic E-state index is 0.188. The van der Waals surface area contributed by atoms with Gasteiger partial charge in [-0.15, -0.1) is 0 Å². The summed E-state index contributed by atoms with van der Waals surface area (Å²) in [6.45, 7) is 6.41. The molecule has 0 radical (unpaired) electrons. The summed E-state index contributed by atoms with van der Waals surface area (Å²) in [5, 5.41) is 10.4. The summed E-state index contributed by atoms with van der Waals surface area (Å²) in [6.07, 6.45) is 0. The largest absolute Gasteiger partial charge is 0.295 e. The zero-order chi connectivity index (χ0) is 11.6. The highest BCUT2D eigenvalue weighted by molar-refractivity contribution is 5.20. The maximum atomic E-state index is 10.4. The lowest BCUT2D eigenvalue weighted by Gasteiger charge is -2.37. The predicted molar refractivity (Wildman–Crippen MR) is 64.2 cm³/mol. The van der Waals surface area contributed by atoms with Crippen molar-refractivity contribution in [1.29, 1.82) is 0 Å². The fourth-order valence-electron chi connectivity index (χ4n) is 2.13. The first kappa shape index (κ1) is 11.6. The van der Waals surface area contributed by atoms with Gasteiger partial charge in [-0.2, -0.15) is 4.65 Å². The molecule has 1 aliphatic heterocycles. The van der Waals surface area contributed by atoms with Crippen molar-refractivity contribution in [2.24, 2.45) is 0 Å². The second-order valence-corrected chi connectivity index (χ2v) is 4.99. The van der Waals surface area contributed by atoms with Crippen LogP contribution in [0.5, 0.6) is 0 Å². The highest BCUT2D eigenvalue weighted by Gasteiger charge is 2.30. The summed E-state index contributed by atoms with van der Waals surface area (Å²) in [7, 11) is 2.11. The van der Waals surface area contributed by atoms with Gasteiger partial charge in [0.2, 0.25) is 0 Å². The van der Waals surface area contributed by atoms with Crippen LogP contribution in [0, 0.1) is 6.92 Å². The van der Waals surface area contributed by atoms with Crippen LogP contribution in [0.3, 0.4) is 0 Å². The van der Waals surface area contributed by atoms with Gasteiger partial charge in [-0.05, 0) is 14.0 Å². The Morgan fingerprint density at radius 1 is 1.19 bits per heavy atom. The van der Waals surface area contributed by atoms with E-state index in [1.165, 1.54) is 11.1 Å². The molecular weight excluding hydrogens is 200 g/mol. The molecule has 0 amide bonds. The Kier molecular flexibility index (Phi) is 3.28. The van der Waals surface area contributed by atoms with E-state index in [9.17, 15) is 5.21 Å². The molecule has 2 rings (SSSR count). The normalized spacial score (nSPS) is 20.9. The summed E-state index contributed by atoms with van der Waals surface area (Å²) >= 11 is 0. The van der Waals surface area contributed by atoms with Crippen molar-refractivity contribution in [2.45, 2.75) is 13.5 Å². The molecule has 3 nitrogen and oxygen atoms in total. The van der Waals surface area contributed by atoms with Crippen molar-refractivity contribution in [1.82, 2.24) is 4.90 Å². The van der Waals surface area contributed by atoms with E-state index in [0.29, 0.717) is 0 Å². The van der Waals surface area contributed by atoms with Crippen LogP contribution in [-0.4, -0.2) is 48.0 Å². The number of piperazine rings is 1. The molecule has 0 bridgehead atoms. The molecule has 0 unspecified atom stereocenters. The molecule has 88 valence electrons. The highest BCUT2D eigenvalue weighted by atomic mass is 16.5. The minimum Gasteiger partial charge on any atom is -0.295 e. The van der Waals surface area contributed by atoms with Gasteiger partial charge in [-0.25, -0.2) is 5.21 Å². The third-order valence-corrected chi connectivity index (χ3v) is 3.39. The van der Waals surface area contributed by atoms with E-state index >= 15 is 0 Å². The van der Waals surface area contributed by atoms with Gasteiger partial charge >= 0.3 is 0 Å². The smallest absolute Gasteiger partial charge is 0.134 e. The zero-order valence-corrected chi connectivity index (χ0v) is 10.2. The second kappa shape index (κ2) is 4.53. The van der Waals surface area contributed by atoms with Crippen molar-refractivity contribution in [3.8, 4) is 0 Å². The average Bonchev–Trinajstić information content (AvgIpc) is 2.27. The van der Waals surface area contributed by atoms with Crippen molar-refractivity contribution in [2.75, 3.05) is 33.2 Å². The lowest BCUT2D eigenvalue weighted by Crippen LogP contribution is -2.56. The van der Waals surface area contributed by atoms with E-state index in [4.69, 9.17) is 0 Å². The number of nitrogens with zero attached hydrogens (tertiary/aromatic N) is 2. The van der Waals surface area contributed by atoms with Gasteiger partial charge in [0.25, 0.3) is 0 Å². The summed E-state index contributed by atoms with van der Waals surface area (Å²) in [6, 6.07) is 8.45. The fraction of sp³-hybridized carbons (Fsp3) is 0.538. The molecule has 0 aromatic heterocycles. The molecule has 1 aromatic carbocycles. The molecule has 3 heteroatoms. The third-order valence-electron chi connectivity index (χ3n) is 3.39. The number of hydroxylamine groups is 3. The van der Waals surface area contributed by atoms with Gasteiger partial charge in [-0.3, -0.25) is 4.90 Å². The maximum absolute atomic E-state index is 10.4. The maximum Gasteiger partial charge on any atom is 0.134 e. The number of quaternary nitrogens is 1. The SMILES string of the molecule is Cc1ccc(C[N+]2(O)CCN(C)CC2)cc1. The topological polar surface area (TPSA) is 23.5 Å². The van der Waals surface area contributed by atoms with Crippen LogP contribution in [0.2, 0.25) is 0 Å². The number of hydrogen-bond acceptors (Lipinski definition) is 2. The third kappa shape index (κ3) is 2.82. The van der Waals surface area contributed by atoms with Crippen LogP contribution >= 0.6 is 0 Å². The molecule has 1 aromatic rings. The van der Waals surface area contributed by atoms with Gasteiger partial charge in [0, 0.05) is 5.56 Å². The van der Waals surface area contributed by atoms with Gasteiger partial charge in [0.15, 0.2) is 0 Å². The average molecular weight is 221 g/mol. The van der Waals surface area contributed by atoms with Crippen molar-refractivity contribution >= 4 is 0 Å². The zero-order valence-electron chi connectivity index (χ0n) is 10.2. The first-order chi connectivity index (χ1) is 7.57. The fourth-order valence-corrected chi connectivity index (χ4v) is 2.13. The lowest BCUT2D eigenvalue weighted by molar-refractivity contribution is -1.11. The van der Waals surface area contributed by atoms with Crippen molar-refractivity contribution in [3.63, 3.8) is 0 Å². The molecule has 1 saturated heterocycles. The first-order valence-corrected chi connectivity index (χ1v) is 5.90. The number of benzene rings is 1. The Morgan fingerprint density at radius 2 is 1.75 bits per heavy atom. The van der Waals surface area contributed by atoms with Crippen LogP contribution in [0.25, 0.3) is 0 Å². The Bertz CT molecular complexity index is 339. The van der Waals surface area contributed by atoms with E-state index < -0.39 is 0 Å². The van der Waals surface area contributed by atoms with Gasteiger partial charge in [-0.1, -0.05) is 29.8 Å². The molecular formula is C13H21N2O+. The van der Waals surface area contributed by atoms with Crippen LogP contribution in [0.1, 0.15) is 11.1 Å². The van der Waals surface area contributed by atoms with Crippen LogP contribution < -0.4 is 0 Å². The number of hydrogen-bond donors (Lipinski definition) is 1. The summed E-state index contributed by atoms with van der Waals surface area (Å²) < 4.78 is 0.188. The van der Waals surface area contributed by atoms with Crippen LogP contribution in [0.4, 0.5) is 0 Å². The summed E-state index contributed by atoms with van der Waals surface area (Å²) in [5.74, 6) is 0. The van der Waals surface area contributed by atoms with E-state index in [1.807, 2.05) is 0 Å². The van der Waals surface area contributed by atoms with E-state index in [2.05, 4.69) is 43.1 Å². The van der Waals surface area contributed by atoms with Crippen LogP contribution in [0.15, 0.2) is 24.3 Å². The van der Waals surface area contributed by atoms with Gasteiger partial charge < -0.3 is 0 Å². The molecule has 0 spiro atoms. The quantitative estimate of drug-likeness (QED) is 0.768. The molecule has 1 heterocycles. The lowest BCUT2D eigenvalue weighted by atomic mass is 10.1. The Balaban J connectivity index is 2.00. The standard InChI is InChI=1S/C13H21N2O/c1-12-3-5-13(6-4-12)11-15(16)9-7-14(2)8-10-15/h3-6,16H,7-11H2,1-2H3/q+1. The predicted octanol–water partition coefficient (Wildman–Crippen LogP) is 1.65. The van der Waals surface area contributed by atoms with E-state index in [1.54, 1.807) is 0 Å². The molecule has 1 N–H and O–H groups in total. The van der Waals surface area contributed by atoms with Gasteiger partial charge in [0.1, 0.15) is 19.6 Å². The summed E-state index contributed by atoms with van der Waals surface area (Å²) in [5.41, 5.74) is 2.49. The molecule has 1 aliphatic rings. The number of aryl methyl sites for hydroxylation is 1. The second-order valence-electron chi connectivity index (χ2n) is 4.99. The Morgan fingerprint density at radius 3 is 2.31 bits per heavy atom. The van der Waals surface area contributed by atoms with Crippen molar-refractivity contribution < 1.29 is 9.85 Å². The molecule has 1 fully saturated rings. The highest BCUT2D eigenvalue weighted by Crippen LogP contribution is 2.15. The summed E-state index contributed by atoms with van der Waals surface area (Å²) in [4.78, 5) is 2.27. The number of rotatable bonds is 2. The van der Waals surface area contributed by atoms with E-state index in [0.717, 1.165) is 32.7 Å². The first-order valence-electron chi connectivity index (χ1n) is 5.90. The monoisotopic (exact) mass is 221 g/mol. The Hall–Kier alpha value is -0.900. The molecule has 0 saturated carbocycles. The van der Waals surface area contributed by atoms with Gasteiger partial charge in [0.05, 0.1) is 13.1 Å². The molecule has 16 heavy (non-hydrogen) atoms. The van der Waals surface area contributed by atoms with Crippen LogP contribution in [-0.2, 0) is 6.54 Å². The molecule has 0 atom stereocenters.